The predicted octanol–water partition coefficient (Wildman–Crippen LogP) is 4.24. The van der Waals surface area contributed by atoms with Gasteiger partial charge in [-0.15, -0.1) is 0 Å². The number of rotatable bonds is 2. The summed E-state index contributed by atoms with van der Waals surface area (Å²) in [6, 6.07) is 2.61. The van der Waals surface area contributed by atoms with Gasteiger partial charge < -0.3 is 10.5 Å². The number of aromatic nitrogens is 2. The predicted molar refractivity (Wildman–Crippen MR) is 65.9 cm³/mol. The Balaban J connectivity index is 2.27. The number of benzene rings is 1. The molecule has 0 aliphatic carbocycles. The molecule has 2 rings (SSSR count). The van der Waals surface area contributed by atoms with E-state index in [9.17, 15) is 13.2 Å². The number of hydrogen-bond donors (Lipinski definition) is 1. The number of nitrogens with two attached hydrogens (primary N) is 1. The van der Waals surface area contributed by atoms with E-state index in [2.05, 4.69) is 9.36 Å². The van der Waals surface area contributed by atoms with Crippen molar-refractivity contribution >= 4 is 40.4 Å². The fraction of sp³-hybridized carbons (Fsp3) is 0.111. The Morgan fingerprint density at radius 3 is 2.42 bits per heavy atom. The van der Waals surface area contributed by atoms with Gasteiger partial charge in [-0.1, -0.05) is 23.2 Å². The summed E-state index contributed by atoms with van der Waals surface area (Å²) in [5.41, 5.74) is 5.72. The largest absolute Gasteiger partial charge is 0.452 e. The van der Waals surface area contributed by atoms with E-state index in [0.717, 1.165) is 0 Å². The second-order valence-electron chi connectivity index (χ2n) is 3.29. The molecule has 0 aliphatic rings. The van der Waals surface area contributed by atoms with Crippen LogP contribution in [0.25, 0.3) is 0 Å². The van der Waals surface area contributed by atoms with Gasteiger partial charge in [-0.2, -0.15) is 22.5 Å². The fourth-order valence-corrected chi connectivity index (χ4v) is 1.98. The number of ether oxygens (including phenoxy) is 1. The van der Waals surface area contributed by atoms with Crippen LogP contribution in [0, 0.1) is 0 Å². The lowest BCUT2D eigenvalue weighted by Crippen LogP contribution is -2.07. The molecule has 1 aromatic carbocycles. The first-order chi connectivity index (χ1) is 8.77. The number of nitrogens with zero attached hydrogens (tertiary/aromatic N) is 2. The molecule has 1 aromatic heterocycles. The van der Waals surface area contributed by atoms with Crippen LogP contribution in [0.1, 0.15) is 5.82 Å². The summed E-state index contributed by atoms with van der Waals surface area (Å²) < 4.78 is 45.1. The molecule has 0 fully saturated rings. The van der Waals surface area contributed by atoms with E-state index in [0.29, 0.717) is 11.5 Å². The highest BCUT2D eigenvalue weighted by Gasteiger charge is 2.36. The highest BCUT2D eigenvalue weighted by atomic mass is 35.5. The third-order valence-corrected chi connectivity index (χ3v) is 3.23. The first-order valence-corrected chi connectivity index (χ1v) is 6.13. The van der Waals surface area contributed by atoms with Crippen LogP contribution in [0.3, 0.4) is 0 Å². The van der Waals surface area contributed by atoms with Gasteiger partial charge in [0.2, 0.25) is 0 Å². The van der Waals surface area contributed by atoms with Crippen LogP contribution in [0.15, 0.2) is 12.1 Å². The maximum atomic E-state index is 12.3. The van der Waals surface area contributed by atoms with Gasteiger partial charge >= 0.3 is 6.18 Å². The molecule has 19 heavy (non-hydrogen) atoms. The molecular weight excluding hydrogens is 326 g/mol. The standard InChI is InChI=1S/C9H4Cl2F3N3OS/c10-3-1-5(15)6(2-4(3)11)18-8-16-7(17-19-8)9(12,13)14/h1-2H,15H2. The summed E-state index contributed by atoms with van der Waals surface area (Å²) in [5.74, 6) is -1.22. The lowest BCUT2D eigenvalue weighted by atomic mass is 10.3. The van der Waals surface area contributed by atoms with Crippen molar-refractivity contribution in [3.63, 3.8) is 0 Å². The van der Waals surface area contributed by atoms with Crippen molar-refractivity contribution in [2.45, 2.75) is 6.18 Å². The molecule has 0 aliphatic heterocycles. The Morgan fingerprint density at radius 2 is 1.84 bits per heavy atom. The first-order valence-electron chi connectivity index (χ1n) is 4.60. The number of nitrogen functional groups attached to an aromatic ring is 1. The van der Waals surface area contributed by atoms with Gasteiger partial charge in [0.15, 0.2) is 5.75 Å². The van der Waals surface area contributed by atoms with Gasteiger partial charge in [0.25, 0.3) is 11.0 Å². The molecule has 0 bridgehead atoms. The zero-order valence-electron chi connectivity index (χ0n) is 8.83. The molecule has 0 spiro atoms. The van der Waals surface area contributed by atoms with E-state index in [1.54, 1.807) is 0 Å². The topological polar surface area (TPSA) is 61.0 Å². The summed E-state index contributed by atoms with van der Waals surface area (Å²) in [6.45, 7) is 0. The summed E-state index contributed by atoms with van der Waals surface area (Å²) in [4.78, 5) is 3.20. The van der Waals surface area contributed by atoms with E-state index < -0.39 is 12.0 Å². The van der Waals surface area contributed by atoms with Gasteiger partial charge in [0.05, 0.1) is 15.7 Å². The average Bonchev–Trinajstić information content (AvgIpc) is 2.74. The minimum atomic E-state index is -4.62. The van der Waals surface area contributed by atoms with Crippen LogP contribution in [-0.2, 0) is 6.18 Å². The van der Waals surface area contributed by atoms with Gasteiger partial charge in [-0.25, -0.2) is 0 Å². The Morgan fingerprint density at radius 1 is 1.21 bits per heavy atom. The zero-order chi connectivity index (χ0) is 14.2. The van der Waals surface area contributed by atoms with E-state index in [4.69, 9.17) is 33.7 Å². The van der Waals surface area contributed by atoms with Crippen molar-refractivity contribution in [3.8, 4) is 10.9 Å². The molecule has 2 aromatic rings. The van der Waals surface area contributed by atoms with Crippen LogP contribution in [0.2, 0.25) is 10.0 Å². The van der Waals surface area contributed by atoms with E-state index >= 15 is 0 Å². The van der Waals surface area contributed by atoms with E-state index in [1.807, 2.05) is 0 Å². The van der Waals surface area contributed by atoms with Gasteiger partial charge in [-0.05, 0) is 6.07 Å². The molecule has 10 heteroatoms. The number of alkyl halides is 3. The molecular formula is C9H4Cl2F3N3OS. The molecule has 0 unspecified atom stereocenters. The Labute approximate surface area is 119 Å². The van der Waals surface area contributed by atoms with Crippen LogP contribution >= 0.6 is 34.7 Å². The maximum Gasteiger partial charge on any atom is 0.452 e. The fourth-order valence-electron chi connectivity index (χ4n) is 1.09. The normalized spacial score (nSPS) is 11.6. The molecule has 4 nitrogen and oxygen atoms in total. The highest BCUT2D eigenvalue weighted by Crippen LogP contribution is 2.36. The second-order valence-corrected chi connectivity index (χ2v) is 4.82. The van der Waals surface area contributed by atoms with Crippen LogP contribution < -0.4 is 10.5 Å². The SMILES string of the molecule is Nc1cc(Cl)c(Cl)cc1Oc1nc(C(F)(F)F)ns1. The van der Waals surface area contributed by atoms with E-state index in [-0.39, 0.29) is 26.7 Å². The molecule has 0 atom stereocenters. The van der Waals surface area contributed by atoms with Crippen molar-refractivity contribution < 1.29 is 17.9 Å². The number of hydrogen-bond acceptors (Lipinski definition) is 5. The first kappa shape index (κ1) is 14.2. The van der Waals surface area contributed by atoms with Crippen molar-refractivity contribution in [2.24, 2.45) is 0 Å². The summed E-state index contributed by atoms with van der Waals surface area (Å²) >= 11 is 11.9. The molecule has 0 radical (unpaired) electrons. The van der Waals surface area contributed by atoms with Crippen LogP contribution in [-0.4, -0.2) is 9.36 Å². The lowest BCUT2D eigenvalue weighted by Gasteiger charge is -2.06. The third kappa shape index (κ3) is 3.20. The molecule has 0 amide bonds. The van der Waals surface area contributed by atoms with Crippen molar-refractivity contribution in [1.82, 2.24) is 9.36 Å². The zero-order valence-corrected chi connectivity index (χ0v) is 11.2. The Kier molecular flexibility index (Phi) is 3.75. The quantitative estimate of drug-likeness (QED) is 0.837. The maximum absolute atomic E-state index is 12.3. The average molecular weight is 330 g/mol. The van der Waals surface area contributed by atoms with Crippen LogP contribution in [0.5, 0.6) is 10.9 Å². The minimum absolute atomic E-state index is 0.0549. The van der Waals surface area contributed by atoms with Crippen molar-refractivity contribution in [1.29, 1.82) is 0 Å². The lowest BCUT2D eigenvalue weighted by molar-refractivity contribution is -0.144. The summed E-state index contributed by atoms with van der Waals surface area (Å²) in [7, 11) is 0. The Hall–Kier alpha value is -1.25. The van der Waals surface area contributed by atoms with E-state index in [1.165, 1.54) is 12.1 Å². The smallest absolute Gasteiger partial charge is 0.428 e. The third-order valence-electron chi connectivity index (χ3n) is 1.91. The number of halogens is 5. The van der Waals surface area contributed by atoms with Crippen molar-refractivity contribution in [2.75, 3.05) is 5.73 Å². The number of anilines is 1. The highest BCUT2D eigenvalue weighted by molar-refractivity contribution is 7.07. The molecule has 1 heterocycles. The second kappa shape index (κ2) is 5.03. The van der Waals surface area contributed by atoms with Gasteiger partial charge in [0.1, 0.15) is 0 Å². The minimum Gasteiger partial charge on any atom is -0.428 e. The molecule has 2 N–H and O–H groups in total. The monoisotopic (exact) mass is 329 g/mol. The van der Waals surface area contributed by atoms with Gasteiger partial charge in [-0.3, -0.25) is 0 Å². The van der Waals surface area contributed by atoms with Gasteiger partial charge in [0, 0.05) is 17.6 Å². The molecule has 0 saturated heterocycles. The van der Waals surface area contributed by atoms with Crippen molar-refractivity contribution in [3.05, 3.63) is 28.0 Å². The summed E-state index contributed by atoms with van der Waals surface area (Å²) in [5, 5.41) is 0.0728. The molecule has 102 valence electrons. The molecule has 0 saturated carbocycles. The van der Waals surface area contributed by atoms with Crippen LogP contribution in [0.4, 0.5) is 18.9 Å². The Bertz CT molecular complexity index is 617. The summed E-state index contributed by atoms with van der Waals surface area (Å²) in [6.07, 6.45) is -4.62.